The van der Waals surface area contributed by atoms with Crippen molar-refractivity contribution in [1.82, 2.24) is 10.3 Å². The van der Waals surface area contributed by atoms with Gasteiger partial charge in [-0.05, 0) is 56.3 Å². The molecule has 1 heterocycles. The van der Waals surface area contributed by atoms with E-state index in [1.165, 1.54) is 30.5 Å². The first kappa shape index (κ1) is 20.0. The van der Waals surface area contributed by atoms with E-state index in [0.717, 1.165) is 11.1 Å². The molecule has 0 aliphatic carbocycles. The summed E-state index contributed by atoms with van der Waals surface area (Å²) in [5.41, 5.74) is 2.93. The summed E-state index contributed by atoms with van der Waals surface area (Å²) in [6, 6.07) is 14.3. The number of ether oxygens (including phenoxy) is 1. The van der Waals surface area contributed by atoms with E-state index in [4.69, 9.17) is 4.74 Å². The Labute approximate surface area is 167 Å². The SMILES string of the molecule is Cc1cc(C)cc(C(=O)NCC(=O)Nc2ccc(Oc3ccc(F)cc3)nc2)c1. The molecule has 7 heteroatoms. The molecule has 1 aromatic heterocycles. The van der Waals surface area contributed by atoms with Crippen LogP contribution in [0, 0.1) is 19.7 Å². The summed E-state index contributed by atoms with van der Waals surface area (Å²) in [5, 5.41) is 5.24. The minimum absolute atomic E-state index is 0.167. The van der Waals surface area contributed by atoms with Gasteiger partial charge in [-0.3, -0.25) is 9.59 Å². The number of carbonyl (C=O) groups excluding carboxylic acids is 2. The molecule has 0 atom stereocenters. The molecular weight excluding hydrogens is 373 g/mol. The van der Waals surface area contributed by atoms with Gasteiger partial charge in [0.1, 0.15) is 11.6 Å². The first-order valence-corrected chi connectivity index (χ1v) is 8.95. The van der Waals surface area contributed by atoms with Crippen molar-refractivity contribution in [1.29, 1.82) is 0 Å². The Balaban J connectivity index is 1.51. The van der Waals surface area contributed by atoms with Gasteiger partial charge < -0.3 is 15.4 Å². The molecule has 3 rings (SSSR count). The second kappa shape index (κ2) is 8.97. The Morgan fingerprint density at radius 3 is 2.31 bits per heavy atom. The second-order valence-electron chi connectivity index (χ2n) is 6.55. The highest BCUT2D eigenvalue weighted by Gasteiger charge is 2.10. The molecule has 2 aromatic carbocycles. The molecule has 0 bridgehead atoms. The van der Waals surface area contributed by atoms with E-state index in [9.17, 15) is 14.0 Å². The number of hydrogen-bond donors (Lipinski definition) is 2. The zero-order valence-corrected chi connectivity index (χ0v) is 16.0. The number of pyridine rings is 1. The predicted molar refractivity (Wildman–Crippen MR) is 108 cm³/mol. The number of anilines is 1. The van der Waals surface area contributed by atoms with Crippen molar-refractivity contribution in [3.8, 4) is 11.6 Å². The Morgan fingerprint density at radius 2 is 1.69 bits per heavy atom. The number of aromatic nitrogens is 1. The zero-order chi connectivity index (χ0) is 20.8. The summed E-state index contributed by atoms with van der Waals surface area (Å²) in [5.74, 6) is -0.291. The highest BCUT2D eigenvalue weighted by atomic mass is 19.1. The van der Waals surface area contributed by atoms with Crippen molar-refractivity contribution in [3.05, 3.63) is 83.3 Å². The maximum atomic E-state index is 12.9. The van der Waals surface area contributed by atoms with Crippen LogP contribution in [0.3, 0.4) is 0 Å². The lowest BCUT2D eigenvalue weighted by molar-refractivity contribution is -0.115. The molecule has 0 spiro atoms. The van der Waals surface area contributed by atoms with Crippen molar-refractivity contribution in [2.45, 2.75) is 13.8 Å². The molecular formula is C22H20FN3O3. The van der Waals surface area contributed by atoms with Crippen LogP contribution in [0.4, 0.5) is 10.1 Å². The van der Waals surface area contributed by atoms with Gasteiger partial charge in [0.2, 0.25) is 11.8 Å². The van der Waals surface area contributed by atoms with Gasteiger partial charge in [-0.25, -0.2) is 9.37 Å². The Hall–Kier alpha value is -3.74. The van der Waals surface area contributed by atoms with Crippen LogP contribution in [0.2, 0.25) is 0 Å². The maximum Gasteiger partial charge on any atom is 0.251 e. The van der Waals surface area contributed by atoms with E-state index in [2.05, 4.69) is 15.6 Å². The van der Waals surface area contributed by atoms with Crippen LogP contribution in [0.1, 0.15) is 21.5 Å². The number of carbonyl (C=O) groups is 2. The molecule has 0 fully saturated rings. The summed E-state index contributed by atoms with van der Waals surface area (Å²) in [6.45, 7) is 3.65. The molecule has 0 radical (unpaired) electrons. The van der Waals surface area contributed by atoms with E-state index in [1.54, 1.807) is 24.3 Å². The Bertz CT molecular complexity index is 998. The van der Waals surface area contributed by atoms with Crippen molar-refractivity contribution in [2.24, 2.45) is 0 Å². The number of hydrogen-bond acceptors (Lipinski definition) is 4. The molecule has 2 N–H and O–H groups in total. The molecule has 2 amide bonds. The number of benzene rings is 2. The minimum Gasteiger partial charge on any atom is -0.439 e. The van der Waals surface area contributed by atoms with Crippen LogP contribution in [-0.4, -0.2) is 23.3 Å². The summed E-state index contributed by atoms with van der Waals surface area (Å²) in [6.07, 6.45) is 1.43. The van der Waals surface area contributed by atoms with Crippen LogP contribution >= 0.6 is 0 Å². The second-order valence-corrected chi connectivity index (χ2v) is 6.55. The molecule has 0 saturated carbocycles. The molecule has 148 valence electrons. The summed E-state index contributed by atoms with van der Waals surface area (Å²) in [4.78, 5) is 28.4. The van der Waals surface area contributed by atoms with Crippen LogP contribution in [-0.2, 0) is 4.79 Å². The van der Waals surface area contributed by atoms with E-state index >= 15 is 0 Å². The summed E-state index contributed by atoms with van der Waals surface area (Å²) < 4.78 is 18.4. The molecule has 29 heavy (non-hydrogen) atoms. The lowest BCUT2D eigenvalue weighted by atomic mass is 10.1. The smallest absolute Gasteiger partial charge is 0.251 e. The molecule has 0 unspecified atom stereocenters. The molecule has 0 aliphatic heterocycles. The minimum atomic E-state index is -0.378. The Morgan fingerprint density at radius 1 is 1.00 bits per heavy atom. The first-order chi connectivity index (χ1) is 13.9. The molecule has 0 aliphatic rings. The van der Waals surface area contributed by atoms with Crippen LogP contribution < -0.4 is 15.4 Å². The lowest BCUT2D eigenvalue weighted by Crippen LogP contribution is -2.32. The van der Waals surface area contributed by atoms with Crippen molar-refractivity contribution in [3.63, 3.8) is 0 Å². The van der Waals surface area contributed by atoms with E-state index in [1.807, 2.05) is 19.9 Å². The van der Waals surface area contributed by atoms with Crippen LogP contribution in [0.15, 0.2) is 60.8 Å². The fraction of sp³-hybridized carbons (Fsp3) is 0.136. The van der Waals surface area contributed by atoms with E-state index in [0.29, 0.717) is 22.9 Å². The fourth-order valence-corrected chi connectivity index (χ4v) is 2.71. The topological polar surface area (TPSA) is 80.3 Å². The van der Waals surface area contributed by atoms with Gasteiger partial charge in [0.05, 0.1) is 18.4 Å². The number of halogens is 1. The van der Waals surface area contributed by atoms with Gasteiger partial charge in [0.15, 0.2) is 0 Å². The van der Waals surface area contributed by atoms with Gasteiger partial charge in [0, 0.05) is 11.6 Å². The van der Waals surface area contributed by atoms with Crippen LogP contribution in [0.25, 0.3) is 0 Å². The van der Waals surface area contributed by atoms with Crippen molar-refractivity contribution in [2.75, 3.05) is 11.9 Å². The lowest BCUT2D eigenvalue weighted by Gasteiger charge is -2.09. The molecule has 0 saturated heterocycles. The molecule has 3 aromatic rings. The number of rotatable bonds is 6. The van der Waals surface area contributed by atoms with E-state index in [-0.39, 0.29) is 24.2 Å². The number of nitrogens with zero attached hydrogens (tertiary/aromatic N) is 1. The number of amides is 2. The van der Waals surface area contributed by atoms with Gasteiger partial charge in [-0.1, -0.05) is 17.2 Å². The highest BCUT2D eigenvalue weighted by Crippen LogP contribution is 2.20. The standard InChI is InChI=1S/C22H20FN3O3/c1-14-9-15(2)11-16(10-14)22(28)25-13-20(27)26-18-5-8-21(24-12-18)29-19-6-3-17(23)4-7-19/h3-12H,13H2,1-2H3,(H,25,28)(H,26,27). The molecule has 6 nitrogen and oxygen atoms in total. The van der Waals surface area contributed by atoms with Crippen LogP contribution in [0.5, 0.6) is 11.6 Å². The van der Waals surface area contributed by atoms with Crippen molar-refractivity contribution < 1.29 is 18.7 Å². The van der Waals surface area contributed by atoms with Gasteiger partial charge in [-0.2, -0.15) is 0 Å². The highest BCUT2D eigenvalue weighted by molar-refractivity contribution is 5.99. The normalized spacial score (nSPS) is 10.3. The number of aryl methyl sites for hydroxylation is 2. The zero-order valence-electron chi connectivity index (χ0n) is 16.0. The van der Waals surface area contributed by atoms with Gasteiger partial charge in [-0.15, -0.1) is 0 Å². The first-order valence-electron chi connectivity index (χ1n) is 8.95. The van der Waals surface area contributed by atoms with Gasteiger partial charge in [0.25, 0.3) is 5.91 Å². The largest absolute Gasteiger partial charge is 0.439 e. The Kier molecular flexibility index (Phi) is 6.19. The maximum absolute atomic E-state index is 12.9. The van der Waals surface area contributed by atoms with Gasteiger partial charge >= 0.3 is 0 Å². The third-order valence-corrected chi connectivity index (χ3v) is 3.95. The average molecular weight is 393 g/mol. The summed E-state index contributed by atoms with van der Waals surface area (Å²) >= 11 is 0. The van der Waals surface area contributed by atoms with E-state index < -0.39 is 0 Å². The quantitative estimate of drug-likeness (QED) is 0.663. The average Bonchev–Trinajstić information content (AvgIpc) is 2.68. The monoisotopic (exact) mass is 393 g/mol. The third kappa shape index (κ3) is 5.87. The number of nitrogens with one attached hydrogen (secondary N) is 2. The van der Waals surface area contributed by atoms with Crippen molar-refractivity contribution >= 4 is 17.5 Å². The predicted octanol–water partition coefficient (Wildman–Crippen LogP) is 4.00. The summed E-state index contributed by atoms with van der Waals surface area (Å²) in [7, 11) is 0. The fourth-order valence-electron chi connectivity index (χ4n) is 2.71. The third-order valence-electron chi connectivity index (χ3n) is 3.95.